The highest BCUT2D eigenvalue weighted by atomic mass is 35.5. The van der Waals surface area contributed by atoms with Crippen molar-refractivity contribution in [2.75, 3.05) is 14.2 Å². The highest BCUT2D eigenvalue weighted by Gasteiger charge is 2.09. The minimum absolute atomic E-state index is 0.0629. The van der Waals surface area contributed by atoms with Gasteiger partial charge in [0.25, 0.3) is 0 Å². The maximum Gasteiger partial charge on any atom is 0.353 e. The summed E-state index contributed by atoms with van der Waals surface area (Å²) in [6.07, 6.45) is 4.54. The molecule has 0 rings (SSSR count). The van der Waals surface area contributed by atoms with Crippen LogP contribution in [0.1, 0.15) is 6.92 Å². The van der Waals surface area contributed by atoms with Gasteiger partial charge in [-0.15, -0.1) is 0 Å². The molecule has 0 aliphatic rings. The molecule has 0 saturated carbocycles. The van der Waals surface area contributed by atoms with Gasteiger partial charge in [0.05, 0.1) is 19.3 Å². The third kappa shape index (κ3) is 4.36. The smallest absolute Gasteiger partial charge is 0.353 e. The van der Waals surface area contributed by atoms with Gasteiger partial charge in [0.1, 0.15) is 11.5 Å². The normalized spacial score (nSPS) is 13.9. The van der Waals surface area contributed by atoms with Crippen LogP contribution in [0.25, 0.3) is 0 Å². The molecule has 0 aromatic heterocycles. The molecule has 4 nitrogen and oxygen atoms in total. The van der Waals surface area contributed by atoms with Gasteiger partial charge >= 0.3 is 5.97 Å². The number of ether oxygens (including phenoxy) is 2. The number of allylic oxidation sites excluding steroid dienone is 5. The molecule has 2 N–H and O–H groups in total. The van der Waals surface area contributed by atoms with Crippen molar-refractivity contribution in [3.05, 3.63) is 46.9 Å². The van der Waals surface area contributed by atoms with Crippen LogP contribution in [0.2, 0.25) is 0 Å². The molecule has 5 heteroatoms. The zero-order valence-corrected chi connectivity index (χ0v) is 10.9. The topological polar surface area (TPSA) is 61.6 Å². The van der Waals surface area contributed by atoms with Crippen LogP contribution in [0.3, 0.4) is 0 Å². The number of carbonyl (C=O) groups is 1. The Labute approximate surface area is 106 Å². The molecule has 0 saturated heterocycles. The minimum atomic E-state index is -0.631. The maximum atomic E-state index is 11.1. The van der Waals surface area contributed by atoms with Crippen LogP contribution in [0, 0.1) is 0 Å². The van der Waals surface area contributed by atoms with E-state index >= 15 is 0 Å². The average molecular weight is 258 g/mol. The first-order chi connectivity index (χ1) is 8.01. The lowest BCUT2D eigenvalue weighted by Crippen LogP contribution is -2.13. The molecule has 0 aromatic carbocycles. The number of halogens is 1. The molecule has 0 spiro atoms. The Balaban J connectivity index is 5.42. The molecule has 0 fully saturated rings. The Bertz CT molecular complexity index is 395. The van der Waals surface area contributed by atoms with Crippen LogP contribution < -0.4 is 5.73 Å². The van der Waals surface area contributed by atoms with E-state index in [-0.39, 0.29) is 5.70 Å². The SMILES string of the molecule is C=CC(/C=C(\N)C(=O)OC)=C(Cl)\C(=C/C)OC. The summed E-state index contributed by atoms with van der Waals surface area (Å²) in [5.41, 5.74) is 5.92. The van der Waals surface area contributed by atoms with Crippen LogP contribution >= 0.6 is 11.6 Å². The molecule has 17 heavy (non-hydrogen) atoms. The fourth-order valence-electron chi connectivity index (χ4n) is 1.03. The van der Waals surface area contributed by atoms with E-state index in [2.05, 4.69) is 11.3 Å². The molecule has 94 valence electrons. The second-order valence-corrected chi connectivity index (χ2v) is 3.30. The predicted octanol–water partition coefficient (Wildman–Crippen LogP) is 2.23. The third-order valence-corrected chi connectivity index (χ3v) is 2.31. The lowest BCUT2D eigenvalue weighted by Gasteiger charge is -2.07. The fourth-order valence-corrected chi connectivity index (χ4v) is 1.35. The van der Waals surface area contributed by atoms with Gasteiger partial charge in [-0.05, 0) is 24.6 Å². The van der Waals surface area contributed by atoms with Crippen molar-refractivity contribution < 1.29 is 14.3 Å². The van der Waals surface area contributed by atoms with Crippen molar-refractivity contribution in [2.24, 2.45) is 5.73 Å². The van der Waals surface area contributed by atoms with Crippen LogP contribution in [0.5, 0.6) is 0 Å². The van der Waals surface area contributed by atoms with E-state index < -0.39 is 5.97 Å². The second-order valence-electron chi connectivity index (χ2n) is 2.92. The predicted molar refractivity (Wildman–Crippen MR) is 68.1 cm³/mol. The van der Waals surface area contributed by atoms with Crippen LogP contribution in [0.4, 0.5) is 0 Å². The van der Waals surface area contributed by atoms with E-state index in [1.807, 2.05) is 0 Å². The second kappa shape index (κ2) is 7.57. The van der Waals surface area contributed by atoms with Gasteiger partial charge in [0, 0.05) is 0 Å². The number of esters is 1. The lowest BCUT2D eigenvalue weighted by molar-refractivity contribution is -0.136. The number of carbonyl (C=O) groups excluding carboxylic acids is 1. The molecule has 0 atom stereocenters. The Morgan fingerprint density at radius 3 is 2.29 bits per heavy atom. The van der Waals surface area contributed by atoms with E-state index in [0.717, 1.165) is 0 Å². The number of nitrogens with two attached hydrogens (primary N) is 1. The Kier molecular flexibility index (Phi) is 6.82. The van der Waals surface area contributed by atoms with Gasteiger partial charge in [0.2, 0.25) is 0 Å². The summed E-state index contributed by atoms with van der Waals surface area (Å²) in [4.78, 5) is 11.1. The Morgan fingerprint density at radius 1 is 1.35 bits per heavy atom. The van der Waals surface area contributed by atoms with Gasteiger partial charge < -0.3 is 15.2 Å². The van der Waals surface area contributed by atoms with E-state index in [4.69, 9.17) is 22.1 Å². The van der Waals surface area contributed by atoms with E-state index in [0.29, 0.717) is 16.4 Å². The standard InChI is InChI=1S/C12H16ClNO3/c1-5-8(7-9(14)12(15)17-4)11(13)10(6-2)16-3/h5-7H,1,14H2,2-4H3/b9-7-,10-6+,11-8-. The zero-order chi connectivity index (χ0) is 13.4. The van der Waals surface area contributed by atoms with Gasteiger partial charge in [-0.2, -0.15) is 0 Å². The zero-order valence-electron chi connectivity index (χ0n) is 10.1. The summed E-state index contributed by atoms with van der Waals surface area (Å²) in [5.74, 6) is -0.163. The van der Waals surface area contributed by atoms with Gasteiger partial charge in [-0.1, -0.05) is 24.3 Å². The van der Waals surface area contributed by atoms with Crippen molar-refractivity contribution in [1.82, 2.24) is 0 Å². The summed E-state index contributed by atoms with van der Waals surface area (Å²) in [7, 11) is 2.74. The fraction of sp³-hybridized carbons (Fsp3) is 0.250. The minimum Gasteiger partial charge on any atom is -0.496 e. The largest absolute Gasteiger partial charge is 0.496 e. The summed E-state index contributed by atoms with van der Waals surface area (Å²) in [5, 5.41) is 0.317. The van der Waals surface area contributed by atoms with Crippen molar-refractivity contribution >= 4 is 17.6 Å². The molecule has 0 radical (unpaired) electrons. The maximum absolute atomic E-state index is 11.1. The average Bonchev–Trinajstić information content (AvgIpc) is 2.35. The summed E-state index contributed by atoms with van der Waals surface area (Å²) in [6, 6.07) is 0. The van der Waals surface area contributed by atoms with E-state index in [1.165, 1.54) is 26.4 Å². The number of hydrogen-bond acceptors (Lipinski definition) is 4. The van der Waals surface area contributed by atoms with Gasteiger partial charge in [-0.25, -0.2) is 4.79 Å². The molecular weight excluding hydrogens is 242 g/mol. The first-order valence-corrected chi connectivity index (χ1v) is 5.17. The molecule has 0 aliphatic heterocycles. The molecule has 0 unspecified atom stereocenters. The molecule has 0 aliphatic carbocycles. The van der Waals surface area contributed by atoms with E-state index in [1.54, 1.807) is 13.0 Å². The summed E-state index contributed by atoms with van der Waals surface area (Å²) < 4.78 is 9.52. The molecule has 0 bridgehead atoms. The third-order valence-electron chi connectivity index (χ3n) is 1.90. The van der Waals surface area contributed by atoms with Gasteiger partial charge in [0.15, 0.2) is 0 Å². The first kappa shape index (κ1) is 15.3. The van der Waals surface area contributed by atoms with Crippen molar-refractivity contribution in [1.29, 1.82) is 0 Å². The van der Waals surface area contributed by atoms with Crippen LogP contribution in [-0.4, -0.2) is 20.2 Å². The molecule has 0 amide bonds. The van der Waals surface area contributed by atoms with E-state index in [9.17, 15) is 4.79 Å². The highest BCUT2D eigenvalue weighted by molar-refractivity contribution is 6.32. The molecule has 0 aromatic rings. The van der Waals surface area contributed by atoms with Gasteiger partial charge in [-0.3, -0.25) is 0 Å². The molecule has 0 heterocycles. The number of rotatable bonds is 5. The number of hydrogen-bond donors (Lipinski definition) is 1. The Morgan fingerprint density at radius 2 is 1.94 bits per heavy atom. The quantitative estimate of drug-likeness (QED) is 0.355. The lowest BCUT2D eigenvalue weighted by atomic mass is 10.2. The van der Waals surface area contributed by atoms with Crippen LogP contribution in [-0.2, 0) is 14.3 Å². The first-order valence-electron chi connectivity index (χ1n) is 4.80. The Hall–Kier alpha value is -1.68. The van der Waals surface area contributed by atoms with Crippen molar-refractivity contribution in [3.8, 4) is 0 Å². The summed E-state index contributed by atoms with van der Waals surface area (Å²) in [6.45, 7) is 5.37. The number of methoxy groups -OCH3 is 2. The molecular formula is C12H16ClNO3. The van der Waals surface area contributed by atoms with Crippen LogP contribution in [0.15, 0.2) is 46.9 Å². The van der Waals surface area contributed by atoms with Crippen molar-refractivity contribution in [2.45, 2.75) is 6.92 Å². The monoisotopic (exact) mass is 257 g/mol. The highest BCUT2D eigenvalue weighted by Crippen LogP contribution is 2.22. The van der Waals surface area contributed by atoms with Crippen molar-refractivity contribution in [3.63, 3.8) is 0 Å². The summed E-state index contributed by atoms with van der Waals surface area (Å²) >= 11 is 6.07.